The van der Waals surface area contributed by atoms with Crippen LogP contribution in [0.5, 0.6) is 5.75 Å². The third kappa shape index (κ3) is 2.78. The average Bonchev–Trinajstić information content (AvgIpc) is 2.84. The molecule has 1 fully saturated rings. The normalized spacial score (nSPS) is 21.5. The lowest BCUT2D eigenvalue weighted by atomic mass is 9.91. The lowest BCUT2D eigenvalue weighted by Crippen LogP contribution is -2.25. The van der Waals surface area contributed by atoms with E-state index in [1.54, 1.807) is 7.11 Å². The molecule has 2 atom stereocenters. The van der Waals surface area contributed by atoms with Crippen LogP contribution in [0.1, 0.15) is 23.6 Å². The molecule has 0 saturated carbocycles. The fourth-order valence-corrected chi connectivity index (χ4v) is 3.86. The fourth-order valence-electron chi connectivity index (χ4n) is 2.56. The van der Waals surface area contributed by atoms with Crippen molar-refractivity contribution in [1.29, 1.82) is 0 Å². The van der Waals surface area contributed by atoms with E-state index in [1.807, 2.05) is 0 Å². The van der Waals surface area contributed by atoms with Gasteiger partial charge in [-0.1, -0.05) is 17.7 Å². The number of hydrogen-bond donors (Lipinski definition) is 1. The summed E-state index contributed by atoms with van der Waals surface area (Å²) >= 11 is 2.06. The monoisotopic (exact) mass is 251 g/mol. The van der Waals surface area contributed by atoms with Crippen LogP contribution in [-0.4, -0.2) is 25.7 Å². The minimum Gasteiger partial charge on any atom is -0.496 e. The van der Waals surface area contributed by atoms with Crippen molar-refractivity contribution in [2.24, 2.45) is 5.92 Å². The van der Waals surface area contributed by atoms with Gasteiger partial charge in [0.25, 0.3) is 0 Å². The van der Waals surface area contributed by atoms with Gasteiger partial charge in [-0.05, 0) is 43.9 Å². The number of nitrogens with one attached hydrogen (secondary N) is 1. The molecule has 0 amide bonds. The topological polar surface area (TPSA) is 21.3 Å². The van der Waals surface area contributed by atoms with Gasteiger partial charge in [0.1, 0.15) is 5.75 Å². The highest BCUT2D eigenvalue weighted by Gasteiger charge is 2.27. The van der Waals surface area contributed by atoms with Gasteiger partial charge in [0.2, 0.25) is 0 Å². The van der Waals surface area contributed by atoms with Crippen LogP contribution < -0.4 is 10.1 Å². The maximum Gasteiger partial charge on any atom is 0.123 e. The number of aryl methyl sites for hydroxylation is 1. The molecule has 0 aromatic heterocycles. The van der Waals surface area contributed by atoms with E-state index in [9.17, 15) is 0 Å². The van der Waals surface area contributed by atoms with Crippen LogP contribution in [0, 0.1) is 12.8 Å². The predicted octanol–water partition coefficient (Wildman–Crippen LogP) is 3.02. The first kappa shape index (κ1) is 12.8. The van der Waals surface area contributed by atoms with Gasteiger partial charge in [-0.2, -0.15) is 11.8 Å². The number of rotatable bonds is 4. The van der Waals surface area contributed by atoms with E-state index >= 15 is 0 Å². The SMILES string of the molecule is CNC(c1cc(C)ccc1OC)C1CCSC1. The van der Waals surface area contributed by atoms with E-state index in [1.165, 1.54) is 29.1 Å². The summed E-state index contributed by atoms with van der Waals surface area (Å²) in [5.74, 6) is 4.27. The van der Waals surface area contributed by atoms with E-state index < -0.39 is 0 Å². The Bertz CT molecular complexity index is 374. The molecule has 1 saturated heterocycles. The van der Waals surface area contributed by atoms with Crippen molar-refractivity contribution >= 4 is 11.8 Å². The van der Waals surface area contributed by atoms with Gasteiger partial charge in [-0.15, -0.1) is 0 Å². The maximum absolute atomic E-state index is 5.50. The lowest BCUT2D eigenvalue weighted by molar-refractivity contribution is 0.373. The molecular formula is C14H21NOS. The molecule has 17 heavy (non-hydrogen) atoms. The predicted molar refractivity (Wildman–Crippen MR) is 75.0 cm³/mol. The maximum atomic E-state index is 5.50. The molecule has 3 heteroatoms. The van der Waals surface area contributed by atoms with Gasteiger partial charge in [-0.3, -0.25) is 0 Å². The Kier molecular flexibility index (Phi) is 4.35. The summed E-state index contributed by atoms with van der Waals surface area (Å²) < 4.78 is 5.50. The Hall–Kier alpha value is -0.670. The van der Waals surface area contributed by atoms with Gasteiger partial charge in [0.05, 0.1) is 7.11 Å². The van der Waals surface area contributed by atoms with Crippen molar-refractivity contribution in [1.82, 2.24) is 5.32 Å². The molecular weight excluding hydrogens is 230 g/mol. The highest BCUT2D eigenvalue weighted by molar-refractivity contribution is 7.99. The number of thioether (sulfide) groups is 1. The highest BCUT2D eigenvalue weighted by atomic mass is 32.2. The van der Waals surface area contributed by atoms with Crippen molar-refractivity contribution < 1.29 is 4.74 Å². The minimum atomic E-state index is 0.417. The third-order valence-electron chi connectivity index (χ3n) is 3.47. The zero-order chi connectivity index (χ0) is 12.3. The molecule has 0 spiro atoms. The summed E-state index contributed by atoms with van der Waals surface area (Å²) in [6.07, 6.45) is 1.30. The van der Waals surface area contributed by atoms with Crippen LogP contribution in [0.15, 0.2) is 18.2 Å². The first-order valence-corrected chi connectivity index (χ1v) is 7.31. The Morgan fingerprint density at radius 2 is 2.29 bits per heavy atom. The van der Waals surface area contributed by atoms with Crippen LogP contribution in [0.2, 0.25) is 0 Å². The smallest absolute Gasteiger partial charge is 0.123 e. The number of hydrogen-bond acceptors (Lipinski definition) is 3. The van der Waals surface area contributed by atoms with Crippen molar-refractivity contribution in [2.75, 3.05) is 25.7 Å². The summed E-state index contributed by atoms with van der Waals surface area (Å²) in [5, 5.41) is 3.47. The molecule has 1 aliphatic heterocycles. The second-order valence-corrected chi connectivity index (χ2v) is 5.79. The Morgan fingerprint density at radius 3 is 2.88 bits per heavy atom. The molecule has 1 heterocycles. The van der Waals surface area contributed by atoms with Crippen LogP contribution >= 0.6 is 11.8 Å². The molecule has 0 radical (unpaired) electrons. The van der Waals surface area contributed by atoms with Crippen molar-refractivity contribution in [2.45, 2.75) is 19.4 Å². The van der Waals surface area contributed by atoms with Gasteiger partial charge in [0.15, 0.2) is 0 Å². The summed E-state index contributed by atoms with van der Waals surface area (Å²) in [7, 11) is 3.81. The first-order chi connectivity index (χ1) is 8.26. The van der Waals surface area contributed by atoms with E-state index in [0.29, 0.717) is 6.04 Å². The van der Waals surface area contributed by atoms with E-state index in [0.717, 1.165) is 11.7 Å². The van der Waals surface area contributed by atoms with E-state index in [2.05, 4.69) is 49.2 Å². The Balaban J connectivity index is 2.31. The molecule has 94 valence electrons. The average molecular weight is 251 g/mol. The number of ether oxygens (including phenoxy) is 1. The van der Waals surface area contributed by atoms with Crippen molar-refractivity contribution in [3.63, 3.8) is 0 Å². The van der Waals surface area contributed by atoms with Gasteiger partial charge in [0, 0.05) is 11.6 Å². The molecule has 2 unspecified atom stereocenters. The van der Waals surface area contributed by atoms with Crippen molar-refractivity contribution in [3.8, 4) is 5.75 Å². The van der Waals surface area contributed by atoms with Gasteiger partial charge >= 0.3 is 0 Å². The summed E-state index contributed by atoms with van der Waals surface area (Å²) in [5.41, 5.74) is 2.61. The first-order valence-electron chi connectivity index (χ1n) is 6.15. The van der Waals surface area contributed by atoms with Gasteiger partial charge in [-0.25, -0.2) is 0 Å². The largest absolute Gasteiger partial charge is 0.496 e. The minimum absolute atomic E-state index is 0.417. The highest BCUT2D eigenvalue weighted by Crippen LogP contribution is 2.37. The Labute approximate surface area is 108 Å². The van der Waals surface area contributed by atoms with Crippen LogP contribution in [-0.2, 0) is 0 Å². The molecule has 1 aromatic rings. The van der Waals surface area contributed by atoms with Crippen LogP contribution in [0.4, 0.5) is 0 Å². The molecule has 0 bridgehead atoms. The Morgan fingerprint density at radius 1 is 1.47 bits per heavy atom. The van der Waals surface area contributed by atoms with Crippen molar-refractivity contribution in [3.05, 3.63) is 29.3 Å². The molecule has 1 N–H and O–H groups in total. The fraction of sp³-hybridized carbons (Fsp3) is 0.571. The molecule has 2 nitrogen and oxygen atoms in total. The standard InChI is InChI=1S/C14H21NOS/c1-10-4-5-13(16-3)12(8-10)14(15-2)11-6-7-17-9-11/h4-5,8,11,14-15H,6-7,9H2,1-3H3. The zero-order valence-electron chi connectivity index (χ0n) is 10.8. The molecule has 1 aliphatic rings. The summed E-state index contributed by atoms with van der Waals surface area (Å²) in [4.78, 5) is 0. The second-order valence-electron chi connectivity index (χ2n) is 4.64. The lowest BCUT2D eigenvalue weighted by Gasteiger charge is -2.25. The zero-order valence-corrected chi connectivity index (χ0v) is 11.6. The number of methoxy groups -OCH3 is 1. The van der Waals surface area contributed by atoms with E-state index in [4.69, 9.17) is 4.74 Å². The number of benzene rings is 1. The van der Waals surface area contributed by atoms with Crippen LogP contribution in [0.3, 0.4) is 0 Å². The third-order valence-corrected chi connectivity index (χ3v) is 4.66. The molecule has 2 rings (SSSR count). The molecule has 0 aliphatic carbocycles. The quantitative estimate of drug-likeness (QED) is 0.889. The van der Waals surface area contributed by atoms with E-state index in [-0.39, 0.29) is 0 Å². The van der Waals surface area contributed by atoms with Crippen LogP contribution in [0.25, 0.3) is 0 Å². The molecule has 1 aromatic carbocycles. The summed E-state index contributed by atoms with van der Waals surface area (Å²) in [6.45, 7) is 2.14. The summed E-state index contributed by atoms with van der Waals surface area (Å²) in [6, 6.07) is 6.86. The van der Waals surface area contributed by atoms with Gasteiger partial charge < -0.3 is 10.1 Å². The second kappa shape index (κ2) is 5.78.